The Labute approximate surface area is 233 Å². The van der Waals surface area contributed by atoms with Crippen LogP contribution in [0.5, 0.6) is 23.0 Å². The fourth-order valence-corrected chi connectivity index (χ4v) is 5.04. The molecule has 40 heavy (non-hydrogen) atoms. The monoisotopic (exact) mass is 544 g/mol. The lowest BCUT2D eigenvalue weighted by atomic mass is 9.95. The predicted molar refractivity (Wildman–Crippen MR) is 149 cm³/mol. The largest absolute Gasteiger partial charge is 0.507 e. The van der Waals surface area contributed by atoms with Gasteiger partial charge < -0.3 is 29.0 Å². The van der Waals surface area contributed by atoms with Crippen LogP contribution in [0.4, 0.5) is 0 Å². The van der Waals surface area contributed by atoms with E-state index in [2.05, 4.69) is 4.90 Å². The van der Waals surface area contributed by atoms with Crippen LogP contribution in [-0.2, 0) is 14.3 Å². The lowest BCUT2D eigenvalue weighted by Gasteiger charge is -2.31. The third-order valence-corrected chi connectivity index (χ3v) is 7.11. The van der Waals surface area contributed by atoms with Crippen molar-refractivity contribution >= 4 is 17.4 Å². The second-order valence-corrected chi connectivity index (χ2v) is 9.50. The molecule has 3 aromatic rings. The van der Waals surface area contributed by atoms with Gasteiger partial charge in [0.25, 0.3) is 11.7 Å². The van der Waals surface area contributed by atoms with Gasteiger partial charge >= 0.3 is 0 Å². The molecule has 2 saturated heterocycles. The molecule has 9 heteroatoms. The Balaban J connectivity index is 1.55. The summed E-state index contributed by atoms with van der Waals surface area (Å²) in [6, 6.07) is 20.6. The number of methoxy groups -OCH3 is 2. The zero-order valence-electron chi connectivity index (χ0n) is 22.5. The first-order valence-electron chi connectivity index (χ1n) is 13.1. The number of nitrogens with zero attached hydrogens (tertiary/aromatic N) is 2. The fourth-order valence-electron chi connectivity index (χ4n) is 5.04. The highest BCUT2D eigenvalue weighted by Gasteiger charge is 2.46. The maximum atomic E-state index is 13.5. The number of rotatable bonds is 9. The highest BCUT2D eigenvalue weighted by molar-refractivity contribution is 6.46. The average molecular weight is 545 g/mol. The zero-order valence-corrected chi connectivity index (χ0v) is 22.5. The standard InChI is InChI=1S/C31H32N2O7/c1-37-25-12-11-22(20-26(25)38-2)29(34)27-28(21-7-6-10-24(19-21)40-23-8-4-3-5-9-23)33(31(36)30(27)35)14-13-32-15-17-39-18-16-32/h3-12,19-20,28,34H,13-18H2,1-2H3/b29-27+. The van der Waals surface area contributed by atoms with Crippen LogP contribution in [0.3, 0.4) is 0 Å². The van der Waals surface area contributed by atoms with Gasteiger partial charge in [-0.25, -0.2) is 0 Å². The van der Waals surface area contributed by atoms with Crippen molar-refractivity contribution in [3.05, 3.63) is 89.5 Å². The number of para-hydroxylation sites is 1. The maximum Gasteiger partial charge on any atom is 0.295 e. The van der Waals surface area contributed by atoms with Gasteiger partial charge in [-0.1, -0.05) is 30.3 Å². The molecule has 1 unspecified atom stereocenters. The van der Waals surface area contributed by atoms with E-state index in [0.29, 0.717) is 60.4 Å². The van der Waals surface area contributed by atoms with Crippen LogP contribution in [0, 0.1) is 0 Å². The zero-order chi connectivity index (χ0) is 28.1. The number of carbonyl (C=O) groups is 2. The molecule has 0 bridgehead atoms. The number of ketones is 1. The van der Waals surface area contributed by atoms with Crippen molar-refractivity contribution in [3.8, 4) is 23.0 Å². The summed E-state index contributed by atoms with van der Waals surface area (Å²) in [7, 11) is 3.01. The van der Waals surface area contributed by atoms with Gasteiger partial charge in [-0.3, -0.25) is 14.5 Å². The van der Waals surface area contributed by atoms with Crippen molar-refractivity contribution in [1.82, 2.24) is 9.80 Å². The molecule has 2 aliphatic heterocycles. The number of amides is 1. The van der Waals surface area contributed by atoms with Crippen molar-refractivity contribution in [2.75, 3.05) is 53.6 Å². The molecular weight excluding hydrogens is 512 g/mol. The number of benzene rings is 3. The summed E-state index contributed by atoms with van der Waals surface area (Å²) in [5.74, 6) is 0.394. The number of hydrogen-bond donors (Lipinski definition) is 1. The van der Waals surface area contributed by atoms with Crippen LogP contribution in [0.15, 0.2) is 78.4 Å². The molecule has 5 rings (SSSR count). The average Bonchev–Trinajstić information content (AvgIpc) is 3.25. The van der Waals surface area contributed by atoms with Crippen LogP contribution >= 0.6 is 0 Å². The molecule has 2 heterocycles. The van der Waals surface area contributed by atoms with E-state index >= 15 is 0 Å². The number of aliphatic hydroxyl groups excluding tert-OH is 1. The van der Waals surface area contributed by atoms with Crippen molar-refractivity contribution < 1.29 is 33.6 Å². The van der Waals surface area contributed by atoms with E-state index < -0.39 is 17.7 Å². The van der Waals surface area contributed by atoms with Gasteiger partial charge in [0.15, 0.2) is 11.5 Å². The molecule has 0 radical (unpaired) electrons. The van der Waals surface area contributed by atoms with Crippen LogP contribution in [0.1, 0.15) is 17.2 Å². The van der Waals surface area contributed by atoms with Crippen molar-refractivity contribution in [3.63, 3.8) is 0 Å². The minimum absolute atomic E-state index is 0.0102. The van der Waals surface area contributed by atoms with Gasteiger partial charge in [-0.05, 0) is 48.0 Å². The molecule has 208 valence electrons. The smallest absolute Gasteiger partial charge is 0.295 e. The molecule has 1 N–H and O–H groups in total. The minimum atomic E-state index is -0.812. The number of ether oxygens (including phenoxy) is 4. The highest BCUT2D eigenvalue weighted by atomic mass is 16.5. The van der Waals surface area contributed by atoms with Gasteiger partial charge in [0, 0.05) is 31.7 Å². The van der Waals surface area contributed by atoms with E-state index in [1.165, 1.54) is 19.1 Å². The van der Waals surface area contributed by atoms with Gasteiger partial charge in [-0.15, -0.1) is 0 Å². The maximum absolute atomic E-state index is 13.5. The Morgan fingerprint density at radius 1 is 0.875 bits per heavy atom. The molecule has 0 aliphatic carbocycles. The van der Waals surface area contributed by atoms with Crippen LogP contribution < -0.4 is 14.2 Å². The van der Waals surface area contributed by atoms with Crippen LogP contribution in [-0.4, -0.2) is 80.2 Å². The van der Waals surface area contributed by atoms with Gasteiger partial charge in [0.05, 0.1) is 39.0 Å². The lowest BCUT2D eigenvalue weighted by Crippen LogP contribution is -2.42. The quantitative estimate of drug-likeness (QED) is 0.243. The first kappa shape index (κ1) is 27.2. The summed E-state index contributed by atoms with van der Waals surface area (Å²) in [6.07, 6.45) is 0. The van der Waals surface area contributed by atoms with Gasteiger partial charge in [0.1, 0.15) is 17.3 Å². The molecule has 2 aliphatic rings. The Kier molecular flexibility index (Phi) is 8.33. The van der Waals surface area contributed by atoms with Gasteiger partial charge in [0.2, 0.25) is 0 Å². The van der Waals surface area contributed by atoms with Crippen molar-refractivity contribution in [2.24, 2.45) is 0 Å². The molecule has 9 nitrogen and oxygen atoms in total. The molecule has 0 spiro atoms. The molecule has 0 saturated carbocycles. The topological polar surface area (TPSA) is 97.8 Å². The summed E-state index contributed by atoms with van der Waals surface area (Å²) in [5.41, 5.74) is 0.998. The van der Waals surface area contributed by atoms with Crippen LogP contribution in [0.2, 0.25) is 0 Å². The minimum Gasteiger partial charge on any atom is -0.507 e. The summed E-state index contributed by atoms with van der Waals surface area (Å²) in [5, 5.41) is 11.5. The van der Waals surface area contributed by atoms with Crippen LogP contribution in [0.25, 0.3) is 5.76 Å². The van der Waals surface area contributed by atoms with E-state index in [9.17, 15) is 14.7 Å². The Hall–Kier alpha value is -4.34. The third kappa shape index (κ3) is 5.66. The number of hydrogen-bond acceptors (Lipinski definition) is 8. The van der Waals surface area contributed by atoms with Gasteiger partial charge in [-0.2, -0.15) is 0 Å². The van der Waals surface area contributed by atoms with E-state index in [1.54, 1.807) is 24.3 Å². The highest BCUT2D eigenvalue weighted by Crippen LogP contribution is 2.41. The number of aliphatic hydroxyl groups is 1. The fraction of sp³-hybridized carbons (Fsp3) is 0.290. The number of carbonyl (C=O) groups excluding carboxylic acids is 2. The second-order valence-electron chi connectivity index (χ2n) is 9.50. The molecule has 1 atom stereocenters. The summed E-state index contributed by atoms with van der Waals surface area (Å²) in [4.78, 5) is 30.6. The third-order valence-electron chi connectivity index (χ3n) is 7.11. The van der Waals surface area contributed by atoms with Crippen molar-refractivity contribution in [2.45, 2.75) is 6.04 Å². The molecule has 2 fully saturated rings. The second kappa shape index (κ2) is 12.2. The van der Waals surface area contributed by atoms with E-state index in [0.717, 1.165) is 13.1 Å². The first-order chi connectivity index (χ1) is 19.5. The summed E-state index contributed by atoms with van der Waals surface area (Å²) < 4.78 is 22.2. The molecular formula is C31H32N2O7. The summed E-state index contributed by atoms with van der Waals surface area (Å²) in [6.45, 7) is 3.63. The number of likely N-dealkylation sites (tertiary alicyclic amines) is 1. The molecule has 0 aromatic heterocycles. The number of Topliss-reactive ketones (excluding diaryl/α,β-unsaturated/α-hetero) is 1. The normalized spacial score (nSPS) is 19.1. The Morgan fingerprint density at radius 3 is 2.33 bits per heavy atom. The van der Waals surface area contributed by atoms with E-state index in [4.69, 9.17) is 18.9 Å². The summed E-state index contributed by atoms with van der Waals surface area (Å²) >= 11 is 0. The lowest BCUT2D eigenvalue weighted by molar-refractivity contribution is -0.140. The first-order valence-corrected chi connectivity index (χ1v) is 13.1. The molecule has 1 amide bonds. The predicted octanol–water partition coefficient (Wildman–Crippen LogP) is 4.25. The Morgan fingerprint density at radius 2 is 1.60 bits per heavy atom. The molecule has 3 aromatic carbocycles. The Bertz CT molecular complexity index is 1400. The van der Waals surface area contributed by atoms with E-state index in [1.807, 2.05) is 48.5 Å². The number of morpholine rings is 1. The SMILES string of the molecule is COc1ccc(/C(O)=C2\C(=O)C(=O)N(CCN3CCOCC3)C2c2cccc(Oc3ccccc3)c2)cc1OC. The van der Waals surface area contributed by atoms with Crippen molar-refractivity contribution in [1.29, 1.82) is 0 Å². The van der Waals surface area contributed by atoms with E-state index in [-0.39, 0.29) is 11.3 Å².